The van der Waals surface area contributed by atoms with Gasteiger partial charge in [-0.1, -0.05) is 26.7 Å². The fourth-order valence-corrected chi connectivity index (χ4v) is 3.39. The van der Waals surface area contributed by atoms with E-state index in [-0.39, 0.29) is 18.1 Å². The van der Waals surface area contributed by atoms with Crippen molar-refractivity contribution >= 4 is 36.3 Å². The number of H-pyrrole nitrogens is 1. The minimum absolute atomic E-state index is 0.0936. The van der Waals surface area contributed by atoms with Gasteiger partial charge < -0.3 is 37.5 Å². The molecule has 0 spiro atoms. The summed E-state index contributed by atoms with van der Waals surface area (Å²) in [6, 6.07) is -4.07. The summed E-state index contributed by atoms with van der Waals surface area (Å²) in [6.45, 7) is 4.10. The van der Waals surface area contributed by atoms with Crippen molar-refractivity contribution in [1.82, 2.24) is 25.9 Å². The zero-order chi connectivity index (χ0) is 25.7. The molecule has 0 aliphatic rings. The van der Waals surface area contributed by atoms with Gasteiger partial charge in [-0.2, -0.15) is 12.6 Å². The summed E-state index contributed by atoms with van der Waals surface area (Å²) in [4.78, 5) is 56.7. The van der Waals surface area contributed by atoms with Crippen molar-refractivity contribution < 1.29 is 24.3 Å². The summed E-state index contributed by atoms with van der Waals surface area (Å²) in [7, 11) is 0. The molecule has 1 rings (SSSR count). The minimum Gasteiger partial charge on any atom is -0.480 e. The summed E-state index contributed by atoms with van der Waals surface area (Å²) < 4.78 is 0. The van der Waals surface area contributed by atoms with Crippen LogP contribution < -0.4 is 27.4 Å². The van der Waals surface area contributed by atoms with Crippen LogP contribution in [-0.2, 0) is 25.6 Å². The van der Waals surface area contributed by atoms with E-state index in [0.717, 1.165) is 6.42 Å². The Morgan fingerprint density at radius 3 is 2.32 bits per heavy atom. The predicted octanol–water partition coefficient (Wildman–Crippen LogP) is -1.08. The zero-order valence-corrected chi connectivity index (χ0v) is 20.5. The first-order valence-electron chi connectivity index (χ1n) is 11.3. The maximum Gasteiger partial charge on any atom is 0.327 e. The average Bonchev–Trinajstić information content (AvgIpc) is 3.32. The molecule has 0 bridgehead atoms. The highest BCUT2D eigenvalue weighted by Crippen LogP contribution is 2.10. The summed E-state index contributed by atoms with van der Waals surface area (Å²) >= 11 is 3.95. The molecule has 0 saturated carbocycles. The number of carbonyl (C=O) groups is 4. The molecule has 0 radical (unpaired) electrons. The normalized spacial score (nSPS) is 15.4. The van der Waals surface area contributed by atoms with Crippen LogP contribution in [0.2, 0.25) is 0 Å². The monoisotopic (exact) mass is 499 g/mol. The Kier molecular flexibility index (Phi) is 13.2. The summed E-state index contributed by atoms with van der Waals surface area (Å²) in [6.07, 6.45) is 5.43. The van der Waals surface area contributed by atoms with E-state index in [1.54, 1.807) is 6.92 Å². The van der Waals surface area contributed by atoms with Crippen LogP contribution in [0.25, 0.3) is 0 Å². The van der Waals surface area contributed by atoms with Crippen molar-refractivity contribution in [2.45, 2.75) is 70.1 Å². The van der Waals surface area contributed by atoms with Gasteiger partial charge in [-0.25, -0.2) is 9.78 Å². The summed E-state index contributed by atoms with van der Waals surface area (Å²) in [5.74, 6) is -3.39. The minimum atomic E-state index is -1.23. The van der Waals surface area contributed by atoms with E-state index >= 15 is 0 Å². The molecular weight excluding hydrogens is 462 g/mol. The zero-order valence-electron chi connectivity index (χ0n) is 19.6. The number of hydrogen-bond acceptors (Lipinski definition) is 8. The number of hydrogen-bond donors (Lipinski definition) is 8. The second kappa shape index (κ2) is 15.3. The Morgan fingerprint density at radius 1 is 1.12 bits per heavy atom. The van der Waals surface area contributed by atoms with Crippen molar-refractivity contribution in [3.8, 4) is 0 Å². The molecule has 0 aliphatic heterocycles. The van der Waals surface area contributed by atoms with Crippen LogP contribution in [0.4, 0.5) is 0 Å². The molecule has 5 unspecified atom stereocenters. The Balaban J connectivity index is 3.00. The fourth-order valence-electron chi connectivity index (χ4n) is 3.15. The van der Waals surface area contributed by atoms with Gasteiger partial charge in [0.1, 0.15) is 18.1 Å². The number of nitrogens with one attached hydrogen (secondary N) is 4. The number of carbonyl (C=O) groups excluding carboxylic acids is 3. The standard InChI is InChI=1S/C21H37N7O5S/c1-3-12(2)17(20(31)27-16(10-34)21(32)33)28-19(30)15(8-13-9-24-11-25-13)26-18(29)14(23)6-4-5-7-22/h9,11-12,14-17,34H,3-8,10,22-23H2,1-2H3,(H,24,25)(H,26,29)(H,27,31)(H,28,30)(H,32,33). The summed E-state index contributed by atoms with van der Waals surface area (Å²) in [5.41, 5.74) is 12.0. The van der Waals surface area contributed by atoms with Gasteiger partial charge in [0.05, 0.1) is 12.4 Å². The van der Waals surface area contributed by atoms with E-state index < -0.39 is 47.9 Å². The fraction of sp³-hybridized carbons (Fsp3) is 0.667. The van der Waals surface area contributed by atoms with E-state index in [2.05, 4.69) is 38.5 Å². The van der Waals surface area contributed by atoms with E-state index in [9.17, 15) is 24.3 Å². The molecule has 1 aromatic heterocycles. The number of unbranched alkanes of at least 4 members (excludes halogenated alkanes) is 1. The van der Waals surface area contributed by atoms with Gasteiger partial charge in [0.25, 0.3) is 0 Å². The van der Waals surface area contributed by atoms with Gasteiger partial charge in [-0.3, -0.25) is 14.4 Å². The van der Waals surface area contributed by atoms with Crippen LogP contribution in [0.1, 0.15) is 45.2 Å². The molecular formula is C21H37N7O5S. The number of imidazole rings is 1. The SMILES string of the molecule is CCC(C)C(NC(=O)C(Cc1cnc[nH]1)NC(=O)C(N)CCCCN)C(=O)NC(CS)C(=O)O. The van der Waals surface area contributed by atoms with Gasteiger partial charge in [0, 0.05) is 24.1 Å². The van der Waals surface area contributed by atoms with E-state index in [1.165, 1.54) is 12.5 Å². The van der Waals surface area contributed by atoms with Crippen LogP contribution in [0.3, 0.4) is 0 Å². The first-order chi connectivity index (χ1) is 16.1. The smallest absolute Gasteiger partial charge is 0.327 e. The van der Waals surface area contributed by atoms with Crippen LogP contribution in [-0.4, -0.2) is 75.2 Å². The number of amides is 3. The Morgan fingerprint density at radius 2 is 1.79 bits per heavy atom. The van der Waals surface area contributed by atoms with Gasteiger partial charge in [0.15, 0.2) is 0 Å². The number of aromatic amines is 1. The molecule has 0 fully saturated rings. The molecule has 3 amide bonds. The number of nitrogens with two attached hydrogens (primary N) is 2. The van der Waals surface area contributed by atoms with Gasteiger partial charge in [0.2, 0.25) is 17.7 Å². The number of aromatic nitrogens is 2. The third kappa shape index (κ3) is 9.69. The summed E-state index contributed by atoms with van der Waals surface area (Å²) in [5, 5.41) is 16.9. The molecule has 1 aromatic rings. The molecule has 9 N–H and O–H groups in total. The highest BCUT2D eigenvalue weighted by atomic mass is 32.1. The first kappa shape index (κ1) is 29.4. The number of carboxylic acid groups (broad SMARTS) is 1. The van der Waals surface area contributed by atoms with E-state index in [0.29, 0.717) is 31.5 Å². The van der Waals surface area contributed by atoms with Crippen LogP contribution in [0.15, 0.2) is 12.5 Å². The molecule has 0 saturated heterocycles. The molecule has 1 heterocycles. The van der Waals surface area contributed by atoms with E-state index in [1.807, 2.05) is 6.92 Å². The molecule has 192 valence electrons. The number of rotatable bonds is 16. The maximum absolute atomic E-state index is 13.2. The molecule has 0 aromatic carbocycles. The average molecular weight is 500 g/mol. The van der Waals surface area contributed by atoms with Crippen molar-refractivity contribution in [2.75, 3.05) is 12.3 Å². The van der Waals surface area contributed by atoms with Gasteiger partial charge >= 0.3 is 5.97 Å². The second-order valence-corrected chi connectivity index (χ2v) is 8.55. The number of carboxylic acids is 1. The van der Waals surface area contributed by atoms with Crippen molar-refractivity contribution in [3.05, 3.63) is 18.2 Å². The maximum atomic E-state index is 13.2. The molecule has 34 heavy (non-hydrogen) atoms. The van der Waals surface area contributed by atoms with Crippen molar-refractivity contribution in [2.24, 2.45) is 17.4 Å². The van der Waals surface area contributed by atoms with E-state index in [4.69, 9.17) is 11.5 Å². The predicted molar refractivity (Wildman–Crippen MR) is 130 cm³/mol. The Hall–Kier alpha value is -2.64. The first-order valence-corrected chi connectivity index (χ1v) is 11.9. The third-order valence-electron chi connectivity index (χ3n) is 5.51. The highest BCUT2D eigenvalue weighted by Gasteiger charge is 2.32. The van der Waals surface area contributed by atoms with Gasteiger partial charge in [-0.05, 0) is 25.3 Å². The number of thiol groups is 1. The van der Waals surface area contributed by atoms with Crippen LogP contribution >= 0.6 is 12.6 Å². The quantitative estimate of drug-likeness (QED) is 0.103. The number of nitrogens with zero attached hydrogens (tertiary/aromatic N) is 1. The van der Waals surface area contributed by atoms with Crippen LogP contribution in [0.5, 0.6) is 0 Å². The second-order valence-electron chi connectivity index (χ2n) is 8.19. The lowest BCUT2D eigenvalue weighted by molar-refractivity contribution is -0.142. The molecule has 13 heteroatoms. The molecule has 12 nitrogen and oxygen atoms in total. The largest absolute Gasteiger partial charge is 0.480 e. The van der Waals surface area contributed by atoms with Crippen molar-refractivity contribution in [1.29, 1.82) is 0 Å². The Labute approximate surface area is 204 Å². The van der Waals surface area contributed by atoms with Crippen molar-refractivity contribution in [3.63, 3.8) is 0 Å². The molecule has 5 atom stereocenters. The lowest BCUT2D eigenvalue weighted by Gasteiger charge is -2.27. The topological polar surface area (TPSA) is 205 Å². The highest BCUT2D eigenvalue weighted by molar-refractivity contribution is 7.80. The lowest BCUT2D eigenvalue weighted by atomic mass is 9.97. The Bertz CT molecular complexity index is 792. The number of aliphatic carboxylic acids is 1. The molecule has 0 aliphatic carbocycles. The van der Waals surface area contributed by atoms with Crippen LogP contribution in [0, 0.1) is 5.92 Å². The third-order valence-corrected chi connectivity index (χ3v) is 5.87. The lowest BCUT2D eigenvalue weighted by Crippen LogP contribution is -2.59. The van der Waals surface area contributed by atoms with Gasteiger partial charge in [-0.15, -0.1) is 0 Å².